The molecule has 8 heteroatoms. The second-order valence-corrected chi connectivity index (χ2v) is 11.1. The number of anilines is 1. The van der Waals surface area contributed by atoms with Crippen LogP contribution in [0, 0.1) is 11.3 Å². The second-order valence-electron chi connectivity index (χ2n) is 9.85. The van der Waals surface area contributed by atoms with Crippen molar-refractivity contribution in [2.75, 3.05) is 5.32 Å². The third-order valence-electron chi connectivity index (χ3n) is 7.02. The maximum absolute atomic E-state index is 13.3. The van der Waals surface area contributed by atoms with Gasteiger partial charge < -0.3 is 10.4 Å². The third kappa shape index (κ3) is 4.52. The Balaban J connectivity index is 1.44. The molecule has 1 heterocycles. The number of nitriles is 1. The number of rotatable bonds is 5. The van der Waals surface area contributed by atoms with E-state index in [1.165, 1.54) is 0 Å². The Kier molecular flexibility index (Phi) is 6.37. The summed E-state index contributed by atoms with van der Waals surface area (Å²) >= 11 is 0. The van der Waals surface area contributed by atoms with Crippen LogP contribution in [0.5, 0.6) is 0 Å². The summed E-state index contributed by atoms with van der Waals surface area (Å²) in [7, 11) is -1.86. The minimum atomic E-state index is -1.86. The van der Waals surface area contributed by atoms with Crippen LogP contribution in [0.2, 0.25) is 0 Å². The number of urea groups is 1. The smallest absolute Gasteiger partial charge is 0.331 e. The van der Waals surface area contributed by atoms with Crippen LogP contribution in [0.3, 0.4) is 0 Å². The fourth-order valence-electron chi connectivity index (χ4n) is 5.29. The first-order valence-corrected chi connectivity index (χ1v) is 13.3. The highest BCUT2D eigenvalue weighted by Crippen LogP contribution is 2.41. The van der Waals surface area contributed by atoms with Crippen molar-refractivity contribution in [3.63, 3.8) is 0 Å². The number of benzene rings is 2. The number of hydrogen-bond donors (Lipinski definition) is 3. The lowest BCUT2D eigenvalue weighted by atomic mass is 9.93. The number of aromatic nitrogens is 1. The van der Waals surface area contributed by atoms with E-state index in [0.717, 1.165) is 83.2 Å². The van der Waals surface area contributed by atoms with Crippen LogP contribution in [0.25, 0.3) is 11.1 Å². The van der Waals surface area contributed by atoms with Crippen LogP contribution < -0.4 is 10.0 Å². The van der Waals surface area contributed by atoms with Gasteiger partial charge in [0.15, 0.2) is 11.0 Å². The van der Waals surface area contributed by atoms with Gasteiger partial charge in [0, 0.05) is 18.1 Å². The molecule has 1 atom stereocenters. The SMILES string of the molecule is CC(C)(O)c1cc(-c2ccncc2)cc(S(=O)NC(=O)Nc2c3c(c(C#N)c4c2CCC4)CCC3)c1. The maximum atomic E-state index is 13.3. The summed E-state index contributed by atoms with van der Waals surface area (Å²) in [4.78, 5) is 17.5. The molecule has 2 amide bonds. The Morgan fingerprint density at radius 2 is 1.61 bits per heavy atom. The summed E-state index contributed by atoms with van der Waals surface area (Å²) in [6.45, 7) is 3.33. The van der Waals surface area contributed by atoms with Crippen molar-refractivity contribution in [3.05, 3.63) is 76.1 Å². The molecule has 184 valence electrons. The summed E-state index contributed by atoms with van der Waals surface area (Å²) in [5.41, 5.74) is 6.81. The van der Waals surface area contributed by atoms with Crippen LogP contribution >= 0.6 is 0 Å². The van der Waals surface area contributed by atoms with Gasteiger partial charge in [-0.1, -0.05) is 0 Å². The first-order chi connectivity index (χ1) is 17.3. The third-order valence-corrected chi connectivity index (χ3v) is 8.05. The monoisotopic (exact) mass is 500 g/mol. The topological polar surface area (TPSA) is 115 Å². The molecule has 0 bridgehead atoms. The molecule has 2 aromatic carbocycles. The van der Waals surface area contributed by atoms with Crippen LogP contribution in [-0.4, -0.2) is 20.3 Å². The average molecular weight is 501 g/mol. The van der Waals surface area contributed by atoms with Crippen molar-refractivity contribution in [1.29, 1.82) is 5.26 Å². The molecule has 36 heavy (non-hydrogen) atoms. The highest BCUT2D eigenvalue weighted by Gasteiger charge is 2.30. The van der Waals surface area contributed by atoms with Gasteiger partial charge >= 0.3 is 6.03 Å². The molecule has 0 fully saturated rings. The van der Waals surface area contributed by atoms with E-state index in [2.05, 4.69) is 21.1 Å². The molecule has 3 N–H and O–H groups in total. The van der Waals surface area contributed by atoms with Gasteiger partial charge in [-0.25, -0.2) is 9.00 Å². The summed E-state index contributed by atoms with van der Waals surface area (Å²) in [5, 5.41) is 23.4. The largest absolute Gasteiger partial charge is 0.386 e. The zero-order valence-corrected chi connectivity index (χ0v) is 21.2. The molecular weight excluding hydrogens is 472 g/mol. The average Bonchev–Trinajstić information content (AvgIpc) is 3.54. The lowest BCUT2D eigenvalue weighted by Crippen LogP contribution is -2.31. The van der Waals surface area contributed by atoms with Crippen LogP contribution in [0.4, 0.5) is 10.5 Å². The highest BCUT2D eigenvalue weighted by atomic mass is 32.2. The van der Waals surface area contributed by atoms with Gasteiger partial charge in [-0.2, -0.15) is 5.26 Å². The first-order valence-electron chi connectivity index (χ1n) is 12.1. The molecule has 2 aliphatic carbocycles. The number of pyridine rings is 1. The van der Waals surface area contributed by atoms with Crippen molar-refractivity contribution in [1.82, 2.24) is 9.71 Å². The number of nitrogens with one attached hydrogen (secondary N) is 2. The maximum Gasteiger partial charge on any atom is 0.331 e. The van der Waals surface area contributed by atoms with Crippen molar-refractivity contribution < 1.29 is 14.1 Å². The molecule has 0 aliphatic heterocycles. The summed E-state index contributed by atoms with van der Waals surface area (Å²) in [6.07, 6.45) is 8.57. The van der Waals surface area contributed by atoms with Crippen LogP contribution in [0.15, 0.2) is 47.6 Å². The number of amides is 2. The lowest BCUT2D eigenvalue weighted by molar-refractivity contribution is 0.0784. The molecule has 5 rings (SSSR count). The van der Waals surface area contributed by atoms with Crippen LogP contribution in [0.1, 0.15) is 60.1 Å². The van der Waals surface area contributed by atoms with Crippen molar-refractivity contribution in [2.24, 2.45) is 0 Å². The van der Waals surface area contributed by atoms with Crippen LogP contribution in [-0.2, 0) is 42.3 Å². The fourth-order valence-corrected chi connectivity index (χ4v) is 6.10. The second kappa shape index (κ2) is 9.49. The molecule has 1 aromatic heterocycles. The predicted molar refractivity (Wildman–Crippen MR) is 139 cm³/mol. The van der Waals surface area contributed by atoms with Crippen molar-refractivity contribution in [2.45, 2.75) is 62.9 Å². The summed E-state index contributed by atoms with van der Waals surface area (Å²) in [6, 6.07) is 10.8. The minimum absolute atomic E-state index is 0.381. The number of carbonyl (C=O) groups excluding carboxylic acids is 1. The van der Waals surface area contributed by atoms with Gasteiger partial charge in [0.05, 0.1) is 22.1 Å². The van der Waals surface area contributed by atoms with E-state index < -0.39 is 22.6 Å². The normalized spacial score (nSPS) is 15.1. The van der Waals surface area contributed by atoms with Gasteiger partial charge in [0.2, 0.25) is 0 Å². The zero-order valence-electron chi connectivity index (χ0n) is 20.4. The number of hydrogen-bond acceptors (Lipinski definition) is 5. The Morgan fingerprint density at radius 1 is 1.00 bits per heavy atom. The highest BCUT2D eigenvalue weighted by molar-refractivity contribution is 7.83. The van der Waals surface area contributed by atoms with Crippen molar-refractivity contribution >= 4 is 22.7 Å². The lowest BCUT2D eigenvalue weighted by Gasteiger charge is -2.20. The Morgan fingerprint density at radius 3 is 2.19 bits per heavy atom. The Hall–Kier alpha value is -3.54. The molecule has 0 radical (unpaired) electrons. The van der Waals surface area contributed by atoms with E-state index in [4.69, 9.17) is 0 Å². The van der Waals surface area contributed by atoms with E-state index >= 15 is 0 Å². The van der Waals surface area contributed by atoms with Gasteiger partial charge in [-0.15, -0.1) is 0 Å². The summed E-state index contributed by atoms with van der Waals surface area (Å²) in [5.74, 6) is 0. The summed E-state index contributed by atoms with van der Waals surface area (Å²) < 4.78 is 15.9. The van der Waals surface area contributed by atoms with Gasteiger partial charge in [-0.05, 0) is 122 Å². The molecular formula is C28H28N4O3S. The fraction of sp³-hybridized carbons (Fsp3) is 0.321. The Bertz CT molecular complexity index is 1390. The molecule has 0 saturated heterocycles. The minimum Gasteiger partial charge on any atom is -0.386 e. The predicted octanol–water partition coefficient (Wildman–Crippen LogP) is 4.67. The van der Waals surface area contributed by atoms with E-state index in [1.54, 1.807) is 38.4 Å². The molecule has 7 nitrogen and oxygen atoms in total. The zero-order chi connectivity index (χ0) is 25.4. The van der Waals surface area contributed by atoms with Crippen molar-refractivity contribution in [3.8, 4) is 17.2 Å². The van der Waals surface area contributed by atoms with Gasteiger partial charge in [0.25, 0.3) is 0 Å². The number of carbonyl (C=O) groups is 1. The molecule has 0 saturated carbocycles. The van der Waals surface area contributed by atoms with Gasteiger partial charge in [0.1, 0.15) is 0 Å². The molecule has 2 aliphatic rings. The van der Waals surface area contributed by atoms with E-state index in [9.17, 15) is 19.4 Å². The van der Waals surface area contributed by atoms with E-state index in [-0.39, 0.29) is 0 Å². The standard InChI is InChI=1S/C28H28N4O3S/c1-28(2,34)19-13-18(17-9-11-30-12-10-17)14-20(15-19)36(35)32-27(33)31-26-23-7-3-5-21(23)25(16-29)22-6-4-8-24(22)26/h9-15,34H,3-8H2,1-2H3,(H2,31,32,33). The number of aliphatic hydroxyl groups is 1. The number of nitrogens with zero attached hydrogens (tertiary/aromatic N) is 2. The quantitative estimate of drug-likeness (QED) is 0.471. The molecule has 3 aromatic rings. The molecule has 1 unspecified atom stereocenters. The van der Waals surface area contributed by atoms with E-state index in [0.29, 0.717) is 10.5 Å². The van der Waals surface area contributed by atoms with Gasteiger partial charge in [-0.3, -0.25) is 9.71 Å². The molecule has 0 spiro atoms. The number of fused-ring (bicyclic) bond motifs is 2. The first kappa shape index (κ1) is 24.2. The Labute approximate surface area is 213 Å². The van der Waals surface area contributed by atoms with E-state index in [1.807, 2.05) is 18.2 Å².